The third-order valence-corrected chi connectivity index (χ3v) is 3.72. The van der Waals surface area contributed by atoms with Crippen molar-refractivity contribution < 1.29 is 0 Å². The first-order valence-corrected chi connectivity index (χ1v) is 5.92. The molecule has 0 amide bonds. The minimum atomic E-state index is 0.0270. The van der Waals surface area contributed by atoms with Gasteiger partial charge in [0.1, 0.15) is 0 Å². The van der Waals surface area contributed by atoms with Gasteiger partial charge in [-0.25, -0.2) is 0 Å². The maximum absolute atomic E-state index is 9.02. The number of likely N-dealkylation sites (tertiary alicyclic amines) is 1. The summed E-state index contributed by atoms with van der Waals surface area (Å²) in [5, 5.41) is 9.02. The molecular weight excluding hydrogens is 186 g/mol. The lowest BCUT2D eigenvalue weighted by Crippen LogP contribution is -2.31. The molecule has 1 heterocycles. The van der Waals surface area contributed by atoms with E-state index < -0.39 is 0 Å². The van der Waals surface area contributed by atoms with Crippen molar-refractivity contribution in [2.24, 2.45) is 11.3 Å². The molecule has 2 aliphatic rings. The minimum absolute atomic E-state index is 0.0270. The van der Waals surface area contributed by atoms with Gasteiger partial charge in [-0.1, -0.05) is 0 Å². The summed E-state index contributed by atoms with van der Waals surface area (Å²) in [6, 6.07) is 2.46. The molecule has 1 unspecified atom stereocenters. The van der Waals surface area contributed by atoms with Crippen LogP contribution in [-0.4, -0.2) is 50.1 Å². The van der Waals surface area contributed by atoms with Crippen molar-refractivity contribution in [1.29, 1.82) is 5.26 Å². The fourth-order valence-electron chi connectivity index (χ4n) is 2.65. The van der Waals surface area contributed by atoms with Crippen LogP contribution in [0.15, 0.2) is 0 Å². The van der Waals surface area contributed by atoms with Gasteiger partial charge < -0.3 is 9.80 Å². The molecule has 2 rings (SSSR count). The van der Waals surface area contributed by atoms with Gasteiger partial charge in [0, 0.05) is 19.6 Å². The Balaban J connectivity index is 1.73. The van der Waals surface area contributed by atoms with Crippen LogP contribution in [0.25, 0.3) is 0 Å². The topological polar surface area (TPSA) is 30.3 Å². The molecule has 84 valence electrons. The zero-order valence-corrected chi connectivity index (χ0v) is 9.87. The van der Waals surface area contributed by atoms with Gasteiger partial charge in [0.25, 0.3) is 0 Å². The zero-order chi connectivity index (χ0) is 10.9. The Hall–Kier alpha value is -0.590. The fraction of sp³-hybridized carbons (Fsp3) is 0.917. The Morgan fingerprint density at radius 2 is 2.27 bits per heavy atom. The lowest BCUT2D eigenvalue weighted by atomic mass is 10.1. The first-order valence-electron chi connectivity index (χ1n) is 5.92. The third-order valence-electron chi connectivity index (χ3n) is 3.72. The van der Waals surface area contributed by atoms with Crippen molar-refractivity contribution in [2.45, 2.75) is 19.3 Å². The molecule has 3 nitrogen and oxygen atoms in total. The van der Waals surface area contributed by atoms with E-state index in [1.54, 1.807) is 0 Å². The zero-order valence-electron chi connectivity index (χ0n) is 9.87. The molecule has 0 spiro atoms. The first-order chi connectivity index (χ1) is 7.13. The van der Waals surface area contributed by atoms with E-state index in [1.165, 1.54) is 19.5 Å². The van der Waals surface area contributed by atoms with E-state index in [1.807, 2.05) is 0 Å². The normalized spacial score (nSPS) is 29.3. The summed E-state index contributed by atoms with van der Waals surface area (Å²) in [6.45, 7) is 4.60. The molecule has 15 heavy (non-hydrogen) atoms. The van der Waals surface area contributed by atoms with Gasteiger partial charge >= 0.3 is 0 Å². The molecule has 0 aromatic carbocycles. The number of nitrogens with zero attached hydrogens (tertiary/aromatic N) is 3. The van der Waals surface area contributed by atoms with Crippen LogP contribution in [0, 0.1) is 22.7 Å². The molecule has 3 heteroatoms. The Labute approximate surface area is 92.7 Å². The predicted octanol–water partition coefficient (Wildman–Crippen LogP) is 1.17. The Morgan fingerprint density at radius 1 is 1.53 bits per heavy atom. The van der Waals surface area contributed by atoms with Crippen molar-refractivity contribution in [3.8, 4) is 6.07 Å². The van der Waals surface area contributed by atoms with Crippen LogP contribution in [0.5, 0.6) is 0 Å². The second-order valence-corrected chi connectivity index (χ2v) is 5.51. The van der Waals surface area contributed by atoms with Gasteiger partial charge in [-0.15, -0.1) is 0 Å². The monoisotopic (exact) mass is 207 g/mol. The smallest absolute Gasteiger partial charge is 0.0703 e. The standard InChI is InChI=1S/C12H21N3/c1-14-6-3-11(7-14)8-15(2)10-12(9-13)4-5-12/h11H,3-8,10H2,1-2H3. The maximum Gasteiger partial charge on any atom is 0.0703 e. The van der Waals surface area contributed by atoms with E-state index in [2.05, 4.69) is 30.0 Å². The van der Waals surface area contributed by atoms with E-state index >= 15 is 0 Å². The molecular formula is C12H21N3. The Bertz CT molecular complexity index is 265. The molecule has 1 aliphatic carbocycles. The number of hydrogen-bond acceptors (Lipinski definition) is 3. The predicted molar refractivity (Wildman–Crippen MR) is 60.4 cm³/mol. The summed E-state index contributed by atoms with van der Waals surface area (Å²) in [5.41, 5.74) is 0.0270. The van der Waals surface area contributed by atoms with Crippen molar-refractivity contribution in [1.82, 2.24) is 9.80 Å². The fourth-order valence-corrected chi connectivity index (χ4v) is 2.65. The van der Waals surface area contributed by atoms with Gasteiger partial charge in [-0.05, 0) is 45.8 Å². The van der Waals surface area contributed by atoms with Crippen LogP contribution in [0.2, 0.25) is 0 Å². The number of rotatable bonds is 4. The second kappa shape index (κ2) is 4.11. The molecule has 0 aromatic rings. The van der Waals surface area contributed by atoms with Gasteiger partial charge in [0.05, 0.1) is 11.5 Å². The molecule has 1 saturated carbocycles. The SMILES string of the molecule is CN1CCC(CN(C)CC2(C#N)CC2)C1. The van der Waals surface area contributed by atoms with E-state index in [-0.39, 0.29) is 5.41 Å². The molecule has 1 aliphatic heterocycles. The number of nitriles is 1. The summed E-state index contributed by atoms with van der Waals surface area (Å²) in [7, 11) is 4.35. The van der Waals surface area contributed by atoms with Crippen molar-refractivity contribution in [3.05, 3.63) is 0 Å². The van der Waals surface area contributed by atoms with Gasteiger partial charge in [0.15, 0.2) is 0 Å². The van der Waals surface area contributed by atoms with Gasteiger partial charge in [-0.2, -0.15) is 5.26 Å². The maximum atomic E-state index is 9.02. The van der Waals surface area contributed by atoms with Gasteiger partial charge in [-0.3, -0.25) is 0 Å². The first kappa shape index (κ1) is 10.9. The Kier molecular flexibility index (Phi) is 2.99. The molecule has 0 aromatic heterocycles. The summed E-state index contributed by atoms with van der Waals surface area (Å²) in [6.07, 6.45) is 3.54. The molecule has 0 bridgehead atoms. The average molecular weight is 207 g/mol. The van der Waals surface area contributed by atoms with Crippen LogP contribution >= 0.6 is 0 Å². The summed E-state index contributed by atoms with van der Waals surface area (Å²) in [4.78, 5) is 4.76. The highest BCUT2D eigenvalue weighted by Crippen LogP contribution is 2.45. The van der Waals surface area contributed by atoms with E-state index in [9.17, 15) is 0 Å². The highest BCUT2D eigenvalue weighted by Gasteiger charge is 2.44. The molecule has 1 saturated heterocycles. The molecule has 1 atom stereocenters. The van der Waals surface area contributed by atoms with E-state index in [0.29, 0.717) is 0 Å². The highest BCUT2D eigenvalue weighted by molar-refractivity contribution is 5.11. The van der Waals surface area contributed by atoms with Crippen LogP contribution in [0.4, 0.5) is 0 Å². The summed E-state index contributed by atoms with van der Waals surface area (Å²) in [5.74, 6) is 0.814. The largest absolute Gasteiger partial charge is 0.306 e. The van der Waals surface area contributed by atoms with E-state index in [0.717, 1.165) is 31.8 Å². The van der Waals surface area contributed by atoms with Crippen LogP contribution in [0.3, 0.4) is 0 Å². The lowest BCUT2D eigenvalue weighted by molar-refractivity contribution is 0.248. The average Bonchev–Trinajstić information content (AvgIpc) is 2.84. The second-order valence-electron chi connectivity index (χ2n) is 5.51. The van der Waals surface area contributed by atoms with Crippen LogP contribution in [-0.2, 0) is 0 Å². The van der Waals surface area contributed by atoms with Crippen molar-refractivity contribution in [2.75, 3.05) is 40.3 Å². The summed E-state index contributed by atoms with van der Waals surface area (Å²) < 4.78 is 0. The van der Waals surface area contributed by atoms with Crippen LogP contribution < -0.4 is 0 Å². The highest BCUT2D eigenvalue weighted by atomic mass is 15.2. The van der Waals surface area contributed by atoms with Crippen LogP contribution in [0.1, 0.15) is 19.3 Å². The molecule has 0 radical (unpaired) electrons. The quantitative estimate of drug-likeness (QED) is 0.693. The summed E-state index contributed by atoms with van der Waals surface area (Å²) >= 11 is 0. The van der Waals surface area contributed by atoms with E-state index in [4.69, 9.17) is 5.26 Å². The Morgan fingerprint density at radius 3 is 2.73 bits per heavy atom. The van der Waals surface area contributed by atoms with Crippen molar-refractivity contribution >= 4 is 0 Å². The lowest BCUT2D eigenvalue weighted by Gasteiger charge is -2.22. The minimum Gasteiger partial charge on any atom is -0.306 e. The molecule has 0 N–H and O–H groups in total. The number of hydrogen-bond donors (Lipinski definition) is 0. The van der Waals surface area contributed by atoms with Gasteiger partial charge in [0.2, 0.25) is 0 Å². The molecule has 2 fully saturated rings. The van der Waals surface area contributed by atoms with Crippen molar-refractivity contribution in [3.63, 3.8) is 0 Å². The third kappa shape index (κ3) is 2.70.